The van der Waals surface area contributed by atoms with Crippen LogP contribution in [-0.4, -0.2) is 64.8 Å². The van der Waals surface area contributed by atoms with Crippen LogP contribution >= 0.6 is 0 Å². The Kier molecular flexibility index (Phi) is 6.69. The quantitative estimate of drug-likeness (QED) is 0.777. The molecule has 6 nitrogen and oxygen atoms in total. The van der Waals surface area contributed by atoms with E-state index in [9.17, 15) is 18.0 Å². The van der Waals surface area contributed by atoms with Crippen LogP contribution in [0.15, 0.2) is 42.6 Å². The first-order valence-corrected chi connectivity index (χ1v) is 9.26. The molecule has 9 heteroatoms. The number of hydrogen-bond acceptors (Lipinski definition) is 4. The highest BCUT2D eigenvalue weighted by Crippen LogP contribution is 2.27. The van der Waals surface area contributed by atoms with E-state index in [4.69, 9.17) is 0 Å². The maximum atomic E-state index is 12.5. The molecule has 3 rings (SSSR count). The predicted molar refractivity (Wildman–Crippen MR) is 98.4 cm³/mol. The third kappa shape index (κ3) is 6.07. The Labute approximate surface area is 161 Å². The summed E-state index contributed by atoms with van der Waals surface area (Å²) in [6.45, 7) is 5.69. The molecule has 0 atom stereocenters. The molecule has 1 fully saturated rings. The molecule has 0 spiro atoms. The minimum atomic E-state index is -4.50. The van der Waals surface area contributed by atoms with Crippen LogP contribution in [0.25, 0.3) is 0 Å². The van der Waals surface area contributed by atoms with Gasteiger partial charge >= 0.3 is 6.18 Å². The summed E-state index contributed by atoms with van der Waals surface area (Å²) >= 11 is 0. The van der Waals surface area contributed by atoms with Crippen LogP contribution in [0.3, 0.4) is 0 Å². The van der Waals surface area contributed by atoms with E-state index in [0.717, 1.165) is 56.2 Å². The van der Waals surface area contributed by atoms with Gasteiger partial charge in [-0.05, 0) is 11.6 Å². The Bertz CT molecular complexity index is 754. The second-order valence-corrected chi connectivity index (χ2v) is 6.85. The van der Waals surface area contributed by atoms with E-state index in [-0.39, 0.29) is 12.5 Å². The number of nitrogens with zero attached hydrogens (tertiary/aromatic N) is 4. The zero-order valence-corrected chi connectivity index (χ0v) is 15.5. The summed E-state index contributed by atoms with van der Waals surface area (Å²) in [5.74, 6) is -0.348. The SMILES string of the molecule is O=C(Cn1ccc(C(F)(F)F)n1)NCCN1CCN(Cc2ccccc2)CC1. The van der Waals surface area contributed by atoms with Gasteiger partial charge in [0, 0.05) is 52.0 Å². The third-order valence-electron chi connectivity index (χ3n) is 4.70. The molecule has 1 aromatic carbocycles. The van der Waals surface area contributed by atoms with E-state index in [1.807, 2.05) is 18.2 Å². The molecule has 152 valence electrons. The summed E-state index contributed by atoms with van der Waals surface area (Å²) in [4.78, 5) is 16.6. The summed E-state index contributed by atoms with van der Waals surface area (Å²) in [7, 11) is 0. The standard InChI is InChI=1S/C19H24F3N5O/c20-19(21,22)17-6-8-27(24-17)15-18(28)23-7-9-25-10-12-26(13-11-25)14-16-4-2-1-3-5-16/h1-6,8H,7,9-15H2,(H,23,28). The lowest BCUT2D eigenvalue weighted by atomic mass is 10.2. The Balaban J connectivity index is 1.32. The van der Waals surface area contributed by atoms with Gasteiger partial charge in [-0.3, -0.25) is 19.3 Å². The van der Waals surface area contributed by atoms with Crippen molar-refractivity contribution in [1.82, 2.24) is 24.9 Å². The molecule has 1 N–H and O–H groups in total. The Morgan fingerprint density at radius 2 is 1.71 bits per heavy atom. The number of benzene rings is 1. The van der Waals surface area contributed by atoms with Crippen LogP contribution in [0.5, 0.6) is 0 Å². The minimum Gasteiger partial charge on any atom is -0.353 e. The largest absolute Gasteiger partial charge is 0.435 e. The molecule has 0 bridgehead atoms. The number of aromatic nitrogens is 2. The monoisotopic (exact) mass is 395 g/mol. The maximum Gasteiger partial charge on any atom is 0.435 e. The maximum absolute atomic E-state index is 12.5. The van der Waals surface area contributed by atoms with Crippen molar-refractivity contribution in [3.05, 3.63) is 53.9 Å². The highest BCUT2D eigenvalue weighted by Gasteiger charge is 2.33. The van der Waals surface area contributed by atoms with Gasteiger partial charge < -0.3 is 5.32 Å². The van der Waals surface area contributed by atoms with Crippen LogP contribution in [0.2, 0.25) is 0 Å². The van der Waals surface area contributed by atoms with Gasteiger partial charge in [-0.2, -0.15) is 18.3 Å². The van der Waals surface area contributed by atoms with Gasteiger partial charge in [-0.1, -0.05) is 30.3 Å². The fraction of sp³-hybridized carbons (Fsp3) is 0.474. The second-order valence-electron chi connectivity index (χ2n) is 6.85. The lowest BCUT2D eigenvalue weighted by molar-refractivity contribution is -0.141. The summed E-state index contributed by atoms with van der Waals surface area (Å²) in [6, 6.07) is 11.2. The van der Waals surface area contributed by atoms with Crippen molar-refractivity contribution in [3.63, 3.8) is 0 Å². The molecule has 28 heavy (non-hydrogen) atoms. The predicted octanol–water partition coefficient (Wildman–Crippen LogP) is 1.84. The van der Waals surface area contributed by atoms with Gasteiger partial charge in [0.05, 0.1) is 0 Å². The number of nitrogens with one attached hydrogen (secondary N) is 1. The van der Waals surface area contributed by atoms with Gasteiger partial charge in [0.25, 0.3) is 0 Å². The number of piperazine rings is 1. The molecule has 0 saturated carbocycles. The number of rotatable bonds is 7. The van der Waals surface area contributed by atoms with Gasteiger partial charge in [-0.15, -0.1) is 0 Å². The highest BCUT2D eigenvalue weighted by atomic mass is 19.4. The van der Waals surface area contributed by atoms with E-state index < -0.39 is 11.9 Å². The van der Waals surface area contributed by atoms with Gasteiger partial charge in [-0.25, -0.2) is 0 Å². The van der Waals surface area contributed by atoms with Crippen molar-refractivity contribution in [2.45, 2.75) is 19.3 Å². The number of alkyl halides is 3. The number of hydrogen-bond donors (Lipinski definition) is 1. The van der Waals surface area contributed by atoms with Crippen molar-refractivity contribution in [3.8, 4) is 0 Å². The molecule has 2 heterocycles. The van der Waals surface area contributed by atoms with Crippen molar-refractivity contribution in [1.29, 1.82) is 0 Å². The lowest BCUT2D eigenvalue weighted by Gasteiger charge is -2.34. The molecule has 1 amide bonds. The average molecular weight is 395 g/mol. The molecule has 0 radical (unpaired) electrons. The normalized spacial score (nSPS) is 16.2. The van der Waals surface area contributed by atoms with Crippen molar-refractivity contribution in [2.75, 3.05) is 39.3 Å². The molecule has 0 aliphatic carbocycles. The molecule has 1 saturated heterocycles. The average Bonchev–Trinajstić information content (AvgIpc) is 3.13. The highest BCUT2D eigenvalue weighted by molar-refractivity contribution is 5.75. The molecular formula is C19H24F3N5O. The smallest absolute Gasteiger partial charge is 0.353 e. The van der Waals surface area contributed by atoms with Crippen LogP contribution in [0.1, 0.15) is 11.3 Å². The Hall–Kier alpha value is -2.39. The fourth-order valence-electron chi connectivity index (χ4n) is 3.17. The van der Waals surface area contributed by atoms with E-state index in [0.29, 0.717) is 6.54 Å². The first-order chi connectivity index (χ1) is 13.4. The van der Waals surface area contributed by atoms with Crippen LogP contribution in [0.4, 0.5) is 13.2 Å². The lowest BCUT2D eigenvalue weighted by Crippen LogP contribution is -2.48. The first-order valence-electron chi connectivity index (χ1n) is 9.26. The Morgan fingerprint density at radius 3 is 2.36 bits per heavy atom. The van der Waals surface area contributed by atoms with Crippen molar-refractivity contribution in [2.24, 2.45) is 0 Å². The number of halogens is 3. The number of carbonyl (C=O) groups is 1. The minimum absolute atomic E-state index is 0.221. The van der Waals surface area contributed by atoms with E-state index >= 15 is 0 Å². The zero-order valence-electron chi connectivity index (χ0n) is 15.5. The summed E-state index contributed by atoms with van der Waals surface area (Å²) < 4.78 is 38.5. The van der Waals surface area contributed by atoms with E-state index in [2.05, 4.69) is 32.3 Å². The summed E-state index contributed by atoms with van der Waals surface area (Å²) in [5, 5.41) is 6.12. The molecule has 2 aromatic rings. The first kappa shape index (κ1) is 20.3. The van der Waals surface area contributed by atoms with E-state index in [1.165, 1.54) is 5.56 Å². The van der Waals surface area contributed by atoms with Crippen LogP contribution in [-0.2, 0) is 24.1 Å². The number of carbonyl (C=O) groups excluding carboxylic acids is 1. The van der Waals surface area contributed by atoms with E-state index in [1.54, 1.807) is 0 Å². The van der Waals surface area contributed by atoms with Gasteiger partial charge in [0.1, 0.15) is 6.54 Å². The van der Waals surface area contributed by atoms with Crippen LogP contribution in [0, 0.1) is 0 Å². The molecule has 1 aliphatic rings. The third-order valence-corrected chi connectivity index (χ3v) is 4.70. The summed E-state index contributed by atoms with van der Waals surface area (Å²) in [5.41, 5.74) is 0.309. The molecule has 1 aliphatic heterocycles. The molecule has 0 unspecified atom stereocenters. The Morgan fingerprint density at radius 1 is 1.04 bits per heavy atom. The summed E-state index contributed by atoms with van der Waals surface area (Å²) in [6.07, 6.45) is -3.33. The van der Waals surface area contributed by atoms with Crippen molar-refractivity contribution < 1.29 is 18.0 Å². The fourth-order valence-corrected chi connectivity index (χ4v) is 3.17. The van der Waals surface area contributed by atoms with Crippen molar-refractivity contribution >= 4 is 5.91 Å². The topological polar surface area (TPSA) is 53.4 Å². The molecular weight excluding hydrogens is 371 g/mol. The van der Waals surface area contributed by atoms with Gasteiger partial charge in [0.15, 0.2) is 5.69 Å². The second kappa shape index (κ2) is 9.20. The van der Waals surface area contributed by atoms with Gasteiger partial charge in [0.2, 0.25) is 5.91 Å². The zero-order chi connectivity index (χ0) is 20.0. The molecule has 1 aromatic heterocycles. The number of amides is 1. The van der Waals surface area contributed by atoms with Crippen LogP contribution < -0.4 is 5.32 Å².